The van der Waals surface area contributed by atoms with Crippen LogP contribution in [0.15, 0.2) is 53.0 Å². The number of carbonyl (C=O) groups is 1. The molecule has 0 saturated carbocycles. The van der Waals surface area contributed by atoms with Gasteiger partial charge in [0, 0.05) is 15.2 Å². The number of nitrogens with one attached hydrogen (secondary N) is 1. The summed E-state index contributed by atoms with van der Waals surface area (Å²) < 4.78 is 26.3. The van der Waals surface area contributed by atoms with E-state index in [2.05, 4.69) is 21.2 Å². The molecule has 0 heterocycles. The summed E-state index contributed by atoms with van der Waals surface area (Å²) >= 11 is 9.16. The van der Waals surface area contributed by atoms with Crippen LogP contribution in [0.2, 0.25) is 5.02 Å². The minimum atomic E-state index is -3.65. The standard InChI is InChI=1S/C16H16BrClN2O3S/c1-11(16(21)19-14-7-3-12(17)4-8-14)20(24(2,22)23)15-9-5-13(18)6-10-15/h3-11H,1-2H3,(H,19,21)/t11-/m0/s1. The maximum atomic E-state index is 12.5. The number of nitrogens with zero attached hydrogens (tertiary/aromatic N) is 1. The van der Waals surface area contributed by atoms with Gasteiger partial charge in [0.25, 0.3) is 0 Å². The monoisotopic (exact) mass is 430 g/mol. The zero-order valence-corrected chi connectivity index (χ0v) is 16.2. The lowest BCUT2D eigenvalue weighted by atomic mass is 10.2. The van der Waals surface area contributed by atoms with Gasteiger partial charge in [0.15, 0.2) is 0 Å². The van der Waals surface area contributed by atoms with Gasteiger partial charge >= 0.3 is 0 Å². The van der Waals surface area contributed by atoms with Crippen molar-refractivity contribution >= 4 is 54.8 Å². The Bertz CT molecular complexity index is 823. The summed E-state index contributed by atoms with van der Waals surface area (Å²) in [7, 11) is -3.65. The topological polar surface area (TPSA) is 66.5 Å². The molecule has 24 heavy (non-hydrogen) atoms. The number of carbonyl (C=O) groups excluding carboxylic acids is 1. The summed E-state index contributed by atoms with van der Waals surface area (Å²) in [5, 5.41) is 3.20. The molecule has 0 aliphatic rings. The predicted octanol–water partition coefficient (Wildman–Crippen LogP) is 3.90. The highest BCUT2D eigenvalue weighted by molar-refractivity contribution is 9.10. The third-order valence-electron chi connectivity index (χ3n) is 3.28. The molecular weight excluding hydrogens is 416 g/mol. The van der Waals surface area contributed by atoms with E-state index in [1.807, 2.05) is 0 Å². The van der Waals surface area contributed by atoms with E-state index < -0.39 is 22.0 Å². The van der Waals surface area contributed by atoms with Gasteiger partial charge in [0.05, 0.1) is 11.9 Å². The van der Waals surface area contributed by atoms with Crippen molar-refractivity contribution < 1.29 is 13.2 Å². The van der Waals surface area contributed by atoms with E-state index in [1.54, 1.807) is 48.5 Å². The van der Waals surface area contributed by atoms with Crippen LogP contribution in [-0.2, 0) is 14.8 Å². The Morgan fingerprint density at radius 3 is 2.17 bits per heavy atom. The number of benzene rings is 2. The van der Waals surface area contributed by atoms with Gasteiger partial charge in [0.1, 0.15) is 6.04 Å². The largest absolute Gasteiger partial charge is 0.324 e. The zero-order chi connectivity index (χ0) is 17.9. The van der Waals surface area contributed by atoms with Crippen LogP contribution in [0.25, 0.3) is 0 Å². The molecule has 2 aromatic carbocycles. The average molecular weight is 432 g/mol. The SMILES string of the molecule is C[C@@H](C(=O)Nc1ccc(Br)cc1)N(c1ccc(Cl)cc1)S(C)(=O)=O. The molecule has 1 N–H and O–H groups in total. The van der Waals surface area contributed by atoms with Crippen LogP contribution >= 0.6 is 27.5 Å². The van der Waals surface area contributed by atoms with Gasteiger partial charge in [-0.2, -0.15) is 0 Å². The van der Waals surface area contributed by atoms with Gasteiger partial charge in [-0.05, 0) is 55.5 Å². The summed E-state index contributed by atoms with van der Waals surface area (Å²) in [6.07, 6.45) is 1.06. The summed E-state index contributed by atoms with van der Waals surface area (Å²) in [6.45, 7) is 1.53. The number of halogens is 2. The van der Waals surface area contributed by atoms with E-state index in [4.69, 9.17) is 11.6 Å². The number of anilines is 2. The molecule has 0 spiro atoms. The average Bonchev–Trinajstić information content (AvgIpc) is 2.50. The van der Waals surface area contributed by atoms with Gasteiger partial charge in [-0.25, -0.2) is 8.42 Å². The molecule has 0 radical (unpaired) electrons. The van der Waals surface area contributed by atoms with Gasteiger partial charge < -0.3 is 5.32 Å². The molecule has 5 nitrogen and oxygen atoms in total. The summed E-state index contributed by atoms with van der Waals surface area (Å²) in [4.78, 5) is 12.5. The molecule has 0 fully saturated rings. The fourth-order valence-corrected chi connectivity index (χ4v) is 3.74. The van der Waals surface area contributed by atoms with Crippen molar-refractivity contribution in [2.45, 2.75) is 13.0 Å². The Balaban J connectivity index is 2.27. The van der Waals surface area contributed by atoms with Gasteiger partial charge in [-0.1, -0.05) is 27.5 Å². The Labute approximate surface area is 154 Å². The van der Waals surface area contributed by atoms with Crippen molar-refractivity contribution in [3.63, 3.8) is 0 Å². The highest BCUT2D eigenvalue weighted by Gasteiger charge is 2.29. The minimum Gasteiger partial charge on any atom is -0.324 e. The summed E-state index contributed by atoms with van der Waals surface area (Å²) in [5.41, 5.74) is 0.958. The first-order valence-corrected chi connectivity index (χ1v) is 10.0. The molecular formula is C16H16BrClN2O3S. The molecule has 0 aromatic heterocycles. The van der Waals surface area contributed by atoms with Crippen LogP contribution in [0.4, 0.5) is 11.4 Å². The second-order valence-corrected chi connectivity index (χ2v) is 8.42. The third kappa shape index (κ3) is 4.72. The molecule has 1 atom stereocenters. The number of amides is 1. The van der Waals surface area contributed by atoms with E-state index in [9.17, 15) is 13.2 Å². The minimum absolute atomic E-state index is 0.375. The van der Waals surface area contributed by atoms with Crippen LogP contribution in [-0.4, -0.2) is 26.6 Å². The maximum Gasteiger partial charge on any atom is 0.247 e. The predicted molar refractivity (Wildman–Crippen MR) is 101 cm³/mol. The molecule has 0 aliphatic carbocycles. The highest BCUT2D eigenvalue weighted by Crippen LogP contribution is 2.23. The maximum absolute atomic E-state index is 12.5. The fourth-order valence-electron chi connectivity index (χ4n) is 2.18. The molecule has 1 amide bonds. The summed E-state index contributed by atoms with van der Waals surface area (Å²) in [6, 6.07) is 12.4. The Kier molecular flexibility index (Phi) is 5.90. The summed E-state index contributed by atoms with van der Waals surface area (Å²) in [5.74, 6) is -0.433. The second-order valence-electron chi connectivity index (χ2n) is 5.21. The third-order valence-corrected chi connectivity index (χ3v) is 5.30. The lowest BCUT2D eigenvalue weighted by Crippen LogP contribution is -2.45. The van der Waals surface area contributed by atoms with Crippen molar-refractivity contribution in [1.82, 2.24) is 0 Å². The fraction of sp³-hybridized carbons (Fsp3) is 0.188. The van der Waals surface area contributed by atoms with E-state index in [1.165, 1.54) is 6.92 Å². The molecule has 0 bridgehead atoms. The van der Waals surface area contributed by atoms with Gasteiger partial charge in [-0.3, -0.25) is 9.10 Å². The van der Waals surface area contributed by atoms with Gasteiger partial charge in [-0.15, -0.1) is 0 Å². The van der Waals surface area contributed by atoms with E-state index >= 15 is 0 Å². The molecule has 2 aromatic rings. The lowest BCUT2D eigenvalue weighted by Gasteiger charge is -2.28. The Morgan fingerprint density at radius 1 is 1.12 bits per heavy atom. The van der Waals surface area contributed by atoms with Crippen molar-refractivity contribution in [1.29, 1.82) is 0 Å². The zero-order valence-electron chi connectivity index (χ0n) is 13.0. The number of sulfonamides is 1. The van der Waals surface area contributed by atoms with Crippen LogP contribution < -0.4 is 9.62 Å². The molecule has 0 unspecified atom stereocenters. The molecule has 2 rings (SSSR count). The smallest absolute Gasteiger partial charge is 0.247 e. The van der Waals surface area contributed by atoms with Gasteiger partial charge in [0.2, 0.25) is 15.9 Å². The lowest BCUT2D eigenvalue weighted by molar-refractivity contribution is -0.116. The van der Waals surface area contributed by atoms with Crippen molar-refractivity contribution in [2.24, 2.45) is 0 Å². The van der Waals surface area contributed by atoms with Crippen LogP contribution in [0.5, 0.6) is 0 Å². The molecule has 128 valence electrons. The van der Waals surface area contributed by atoms with E-state index in [0.717, 1.165) is 15.0 Å². The number of hydrogen-bond donors (Lipinski definition) is 1. The number of rotatable bonds is 5. The van der Waals surface area contributed by atoms with Crippen molar-refractivity contribution in [3.8, 4) is 0 Å². The first kappa shape index (κ1) is 18.8. The van der Waals surface area contributed by atoms with Crippen LogP contribution in [0.3, 0.4) is 0 Å². The quantitative estimate of drug-likeness (QED) is 0.781. The first-order chi connectivity index (χ1) is 11.2. The van der Waals surface area contributed by atoms with E-state index in [-0.39, 0.29) is 0 Å². The first-order valence-electron chi connectivity index (χ1n) is 7.00. The van der Waals surface area contributed by atoms with Crippen molar-refractivity contribution in [3.05, 3.63) is 58.0 Å². The second kappa shape index (κ2) is 7.55. The Hall–Kier alpha value is -1.57. The van der Waals surface area contributed by atoms with E-state index in [0.29, 0.717) is 16.4 Å². The highest BCUT2D eigenvalue weighted by atomic mass is 79.9. The normalized spacial score (nSPS) is 12.5. The molecule has 8 heteroatoms. The molecule has 0 saturated heterocycles. The number of hydrogen-bond acceptors (Lipinski definition) is 3. The molecule has 0 aliphatic heterocycles. The van der Waals surface area contributed by atoms with Crippen LogP contribution in [0.1, 0.15) is 6.92 Å². The van der Waals surface area contributed by atoms with Crippen molar-refractivity contribution in [2.75, 3.05) is 15.9 Å². The Morgan fingerprint density at radius 2 is 1.67 bits per heavy atom. The van der Waals surface area contributed by atoms with Crippen LogP contribution in [0, 0.1) is 0 Å².